The summed E-state index contributed by atoms with van der Waals surface area (Å²) in [7, 11) is -3.26. The van der Waals surface area contributed by atoms with Crippen LogP contribution in [0.5, 0.6) is 0 Å². The van der Waals surface area contributed by atoms with Gasteiger partial charge in [0.05, 0.1) is 12.9 Å². The quantitative estimate of drug-likeness (QED) is 0.559. The van der Waals surface area contributed by atoms with Gasteiger partial charge in [0.2, 0.25) is 10.0 Å². The summed E-state index contributed by atoms with van der Waals surface area (Å²) in [5.74, 6) is -0.463. The lowest BCUT2D eigenvalue weighted by Gasteiger charge is -2.24. The average Bonchev–Trinajstić information content (AvgIpc) is 1.98. The van der Waals surface area contributed by atoms with Gasteiger partial charge in [-0.1, -0.05) is 6.58 Å². The molecule has 0 saturated heterocycles. The first-order chi connectivity index (χ1) is 7.03. The normalized spacial score (nSPS) is 12.2. The molecule has 0 bridgehead atoms. The Bertz CT molecular complexity index is 370. The molecule has 0 aliphatic carbocycles. The highest BCUT2D eigenvalue weighted by Gasteiger charge is 2.22. The highest BCUT2D eigenvalue weighted by molar-refractivity contribution is 7.88. The molecular weight excluding hydrogens is 230 g/mol. The molecule has 6 heteroatoms. The van der Waals surface area contributed by atoms with Gasteiger partial charge in [0.25, 0.3) is 0 Å². The van der Waals surface area contributed by atoms with E-state index in [9.17, 15) is 13.2 Å². The number of ether oxygens (including phenoxy) is 1. The number of nitrogens with one attached hydrogen (secondary N) is 1. The third-order valence-electron chi connectivity index (χ3n) is 1.77. The van der Waals surface area contributed by atoms with E-state index < -0.39 is 21.5 Å². The Hall–Kier alpha value is -0.880. The summed E-state index contributed by atoms with van der Waals surface area (Å²) in [5, 5.41) is 0. The molecule has 0 aromatic heterocycles. The lowest BCUT2D eigenvalue weighted by molar-refractivity contribution is -0.139. The summed E-state index contributed by atoms with van der Waals surface area (Å²) < 4.78 is 29.4. The van der Waals surface area contributed by atoms with Gasteiger partial charge in [-0.2, -0.15) is 0 Å². The van der Waals surface area contributed by atoms with E-state index in [-0.39, 0.29) is 6.61 Å². The number of sulfonamides is 1. The molecule has 0 amide bonds. The van der Waals surface area contributed by atoms with E-state index in [1.165, 1.54) is 0 Å². The Balaban J connectivity index is 4.11. The van der Waals surface area contributed by atoms with Crippen LogP contribution in [-0.2, 0) is 19.6 Å². The fourth-order valence-corrected chi connectivity index (χ4v) is 2.18. The standard InChI is InChI=1S/C10H19NO4S/c1-8(2)9(12)15-7-6-10(3,4)11-16(5,13)14/h11H,1,6-7H2,2-5H3. The molecule has 1 N–H and O–H groups in total. The van der Waals surface area contributed by atoms with Crippen LogP contribution in [0, 0.1) is 0 Å². The van der Waals surface area contributed by atoms with Gasteiger partial charge in [0.1, 0.15) is 0 Å². The maximum absolute atomic E-state index is 11.1. The van der Waals surface area contributed by atoms with Crippen LogP contribution in [0.1, 0.15) is 27.2 Å². The topological polar surface area (TPSA) is 72.5 Å². The number of hydrogen-bond acceptors (Lipinski definition) is 4. The predicted molar refractivity (Wildman–Crippen MR) is 62.4 cm³/mol. The number of hydrogen-bond donors (Lipinski definition) is 1. The lowest BCUT2D eigenvalue weighted by atomic mass is 10.0. The Morgan fingerprint density at radius 1 is 1.44 bits per heavy atom. The molecule has 0 saturated carbocycles. The van der Waals surface area contributed by atoms with E-state index in [0.717, 1.165) is 6.26 Å². The minimum absolute atomic E-state index is 0.154. The van der Waals surface area contributed by atoms with Gasteiger partial charge in [-0.05, 0) is 20.8 Å². The predicted octanol–water partition coefficient (Wildman–Crippen LogP) is 0.824. The molecule has 0 rings (SSSR count). The molecule has 0 radical (unpaired) electrons. The van der Waals surface area contributed by atoms with Crippen LogP contribution in [0.15, 0.2) is 12.2 Å². The molecular formula is C10H19NO4S. The SMILES string of the molecule is C=C(C)C(=O)OCCC(C)(C)NS(C)(=O)=O. The molecule has 0 aliphatic heterocycles. The molecule has 94 valence electrons. The van der Waals surface area contributed by atoms with Crippen LogP contribution >= 0.6 is 0 Å². The van der Waals surface area contributed by atoms with Crippen molar-refractivity contribution in [2.45, 2.75) is 32.7 Å². The van der Waals surface area contributed by atoms with Gasteiger partial charge in [-0.15, -0.1) is 0 Å². The van der Waals surface area contributed by atoms with E-state index in [1.807, 2.05) is 0 Å². The van der Waals surface area contributed by atoms with Gasteiger partial charge in [0, 0.05) is 17.5 Å². The first kappa shape index (κ1) is 15.1. The van der Waals surface area contributed by atoms with Crippen LogP contribution in [0.2, 0.25) is 0 Å². The Labute approximate surface area is 96.9 Å². The minimum Gasteiger partial charge on any atom is -0.462 e. The summed E-state index contributed by atoms with van der Waals surface area (Å²) in [6.45, 7) is 8.60. The summed E-state index contributed by atoms with van der Waals surface area (Å²) in [6, 6.07) is 0. The molecule has 0 aromatic carbocycles. The number of esters is 1. The second kappa shape index (κ2) is 5.45. The molecule has 0 fully saturated rings. The van der Waals surface area contributed by atoms with Crippen molar-refractivity contribution in [3.05, 3.63) is 12.2 Å². The van der Waals surface area contributed by atoms with Crippen molar-refractivity contribution < 1.29 is 17.9 Å². The van der Waals surface area contributed by atoms with Gasteiger partial charge >= 0.3 is 5.97 Å². The Kier molecular flexibility index (Phi) is 5.15. The summed E-state index contributed by atoms with van der Waals surface area (Å²) >= 11 is 0. The number of rotatable bonds is 6. The van der Waals surface area contributed by atoms with Crippen LogP contribution in [-0.4, -0.2) is 32.8 Å². The summed E-state index contributed by atoms with van der Waals surface area (Å²) in [5.41, 5.74) is -0.308. The van der Waals surface area contributed by atoms with E-state index >= 15 is 0 Å². The van der Waals surface area contributed by atoms with Crippen LogP contribution in [0.3, 0.4) is 0 Å². The van der Waals surface area contributed by atoms with Crippen LogP contribution in [0.25, 0.3) is 0 Å². The third-order valence-corrected chi connectivity index (χ3v) is 2.69. The van der Waals surface area contributed by atoms with Crippen LogP contribution < -0.4 is 4.72 Å². The zero-order chi connectivity index (χ0) is 13.0. The van der Waals surface area contributed by atoms with Gasteiger partial charge in [0.15, 0.2) is 0 Å². The van der Waals surface area contributed by atoms with Crippen molar-refractivity contribution in [3.8, 4) is 0 Å². The lowest BCUT2D eigenvalue weighted by Crippen LogP contribution is -2.43. The van der Waals surface area contributed by atoms with Crippen molar-refractivity contribution >= 4 is 16.0 Å². The van der Waals surface area contributed by atoms with Gasteiger partial charge < -0.3 is 4.74 Å². The van der Waals surface area contributed by atoms with E-state index in [1.54, 1.807) is 20.8 Å². The maximum Gasteiger partial charge on any atom is 0.333 e. The first-order valence-electron chi connectivity index (χ1n) is 4.85. The monoisotopic (exact) mass is 249 g/mol. The summed E-state index contributed by atoms with van der Waals surface area (Å²) in [4.78, 5) is 11.1. The Morgan fingerprint density at radius 2 is 1.94 bits per heavy atom. The molecule has 0 spiro atoms. The second-order valence-electron chi connectivity index (χ2n) is 4.42. The zero-order valence-corrected chi connectivity index (χ0v) is 11.0. The van der Waals surface area contributed by atoms with E-state index in [4.69, 9.17) is 4.74 Å². The average molecular weight is 249 g/mol. The molecule has 5 nitrogen and oxygen atoms in total. The first-order valence-corrected chi connectivity index (χ1v) is 6.74. The smallest absolute Gasteiger partial charge is 0.333 e. The molecule has 16 heavy (non-hydrogen) atoms. The summed E-state index contributed by atoms with van der Waals surface area (Å²) in [6.07, 6.45) is 1.49. The highest BCUT2D eigenvalue weighted by atomic mass is 32.2. The van der Waals surface area contributed by atoms with Crippen molar-refractivity contribution in [1.29, 1.82) is 0 Å². The number of carbonyl (C=O) groups excluding carboxylic acids is 1. The molecule has 0 aromatic rings. The van der Waals surface area contributed by atoms with Crippen molar-refractivity contribution in [1.82, 2.24) is 4.72 Å². The van der Waals surface area contributed by atoms with E-state index in [0.29, 0.717) is 12.0 Å². The fraction of sp³-hybridized carbons (Fsp3) is 0.700. The minimum atomic E-state index is -3.26. The maximum atomic E-state index is 11.1. The van der Waals surface area contributed by atoms with Gasteiger partial charge in [-0.3, -0.25) is 0 Å². The molecule has 0 aliphatic rings. The van der Waals surface area contributed by atoms with Crippen molar-refractivity contribution in [2.75, 3.05) is 12.9 Å². The Morgan fingerprint density at radius 3 is 2.31 bits per heavy atom. The molecule has 0 unspecified atom stereocenters. The van der Waals surface area contributed by atoms with Crippen molar-refractivity contribution in [2.24, 2.45) is 0 Å². The largest absolute Gasteiger partial charge is 0.462 e. The van der Waals surface area contributed by atoms with Crippen LogP contribution in [0.4, 0.5) is 0 Å². The molecule has 0 atom stereocenters. The third kappa shape index (κ3) is 7.42. The van der Waals surface area contributed by atoms with E-state index in [2.05, 4.69) is 11.3 Å². The molecule has 0 heterocycles. The number of carbonyl (C=O) groups is 1. The fourth-order valence-electron chi connectivity index (χ4n) is 1.07. The highest BCUT2D eigenvalue weighted by Crippen LogP contribution is 2.10. The zero-order valence-electron chi connectivity index (χ0n) is 10.2. The van der Waals surface area contributed by atoms with Crippen molar-refractivity contribution in [3.63, 3.8) is 0 Å². The second-order valence-corrected chi connectivity index (χ2v) is 6.17. The van der Waals surface area contributed by atoms with Gasteiger partial charge in [-0.25, -0.2) is 17.9 Å².